The fourth-order valence-corrected chi connectivity index (χ4v) is 4.12. The third-order valence-electron chi connectivity index (χ3n) is 5.18. The zero-order valence-electron chi connectivity index (χ0n) is 19.3. The van der Waals surface area contributed by atoms with Crippen LogP contribution in [0.3, 0.4) is 0 Å². The van der Waals surface area contributed by atoms with Gasteiger partial charge in [-0.25, -0.2) is 9.97 Å². The Labute approximate surface area is 205 Å². The molecule has 174 valence electrons. The second-order valence-corrected chi connectivity index (χ2v) is 8.74. The zero-order valence-corrected chi connectivity index (χ0v) is 20.8. The Balaban J connectivity index is 0.000000190. The van der Waals surface area contributed by atoms with E-state index < -0.39 is 0 Å². The van der Waals surface area contributed by atoms with Crippen LogP contribution in [0.1, 0.15) is 53.6 Å². The molecule has 0 radical (unpaired) electrons. The van der Waals surface area contributed by atoms with E-state index in [4.69, 9.17) is 27.9 Å². The summed E-state index contributed by atoms with van der Waals surface area (Å²) in [7, 11) is 0. The third kappa shape index (κ3) is 6.92. The van der Waals surface area contributed by atoms with Crippen molar-refractivity contribution >= 4 is 29.1 Å². The fraction of sp³-hybridized carbons (Fsp3) is 0.346. The lowest BCUT2D eigenvalue weighted by Crippen LogP contribution is -2.24. The minimum Gasteiger partial charge on any atom is -0.493 e. The van der Waals surface area contributed by atoms with Crippen molar-refractivity contribution < 1.29 is 9.53 Å². The van der Waals surface area contributed by atoms with Crippen molar-refractivity contribution in [1.82, 2.24) is 15.3 Å². The smallest absolute Gasteiger partial charge is 0.254 e. The third-order valence-corrected chi connectivity index (χ3v) is 5.81. The van der Waals surface area contributed by atoms with Crippen LogP contribution < -0.4 is 10.1 Å². The Kier molecular flexibility index (Phi) is 9.10. The molecule has 7 heteroatoms. The summed E-state index contributed by atoms with van der Waals surface area (Å²) in [5.41, 5.74) is 4.72. The van der Waals surface area contributed by atoms with Gasteiger partial charge in [-0.05, 0) is 62.9 Å². The van der Waals surface area contributed by atoms with Gasteiger partial charge in [0.05, 0.1) is 27.9 Å². The number of aromatic nitrogens is 2. The Morgan fingerprint density at radius 3 is 2.55 bits per heavy atom. The quantitative estimate of drug-likeness (QED) is 0.412. The molecule has 1 aliphatic heterocycles. The number of amides is 1. The van der Waals surface area contributed by atoms with E-state index in [1.807, 2.05) is 19.9 Å². The van der Waals surface area contributed by atoms with Crippen LogP contribution in [-0.4, -0.2) is 29.0 Å². The highest BCUT2D eigenvalue weighted by Gasteiger charge is 2.14. The maximum atomic E-state index is 11.7. The Bertz CT molecular complexity index is 1080. The molecule has 1 aliphatic rings. The maximum absolute atomic E-state index is 11.7. The molecule has 0 spiro atoms. The van der Waals surface area contributed by atoms with Crippen LogP contribution in [0.2, 0.25) is 10.0 Å². The number of benzene rings is 2. The van der Waals surface area contributed by atoms with Gasteiger partial charge in [0, 0.05) is 17.8 Å². The molecular formula is C26H29Cl2N3O2. The monoisotopic (exact) mass is 485 g/mol. The van der Waals surface area contributed by atoms with E-state index in [0.29, 0.717) is 22.2 Å². The van der Waals surface area contributed by atoms with Gasteiger partial charge in [-0.3, -0.25) is 4.79 Å². The molecule has 0 saturated heterocycles. The van der Waals surface area contributed by atoms with Gasteiger partial charge in [0.2, 0.25) is 0 Å². The molecule has 1 amide bonds. The predicted octanol–water partition coefficient (Wildman–Crippen LogP) is 6.61. The fourth-order valence-electron chi connectivity index (χ4n) is 3.55. The molecule has 2 aromatic carbocycles. The topological polar surface area (TPSA) is 64.1 Å². The van der Waals surface area contributed by atoms with Crippen LogP contribution in [0.25, 0.3) is 11.3 Å². The maximum Gasteiger partial charge on any atom is 0.254 e. The SMILES string of the molecule is CCCCNC(=O)c1c(Cl)cccc1Cl.Cc1cc(-c2ccc3c(c2)OCCC3)nc(C)n1. The molecule has 33 heavy (non-hydrogen) atoms. The first-order valence-corrected chi connectivity index (χ1v) is 11.9. The molecule has 4 rings (SSSR count). The molecule has 1 aromatic heterocycles. The van der Waals surface area contributed by atoms with Crippen molar-refractivity contribution in [2.45, 2.75) is 46.5 Å². The van der Waals surface area contributed by atoms with Crippen molar-refractivity contribution in [2.24, 2.45) is 0 Å². The Morgan fingerprint density at radius 1 is 1.09 bits per heavy atom. The standard InChI is InChI=1S/C15H16N2O.C11H13Cl2NO/c1-10-8-14(17-11(2)16-10)13-6-5-12-4-3-7-18-15(12)9-13;1-2-3-7-14-11(15)10-8(12)5-4-6-9(10)13/h5-6,8-9H,3-4,7H2,1-2H3;4-6H,2-3,7H2,1H3,(H,14,15). The van der Waals surface area contributed by atoms with E-state index in [1.165, 1.54) is 5.56 Å². The van der Waals surface area contributed by atoms with Gasteiger partial charge >= 0.3 is 0 Å². The first-order valence-electron chi connectivity index (χ1n) is 11.2. The normalized spacial score (nSPS) is 12.2. The van der Waals surface area contributed by atoms with E-state index in [9.17, 15) is 4.79 Å². The van der Waals surface area contributed by atoms with Crippen molar-refractivity contribution in [3.8, 4) is 17.0 Å². The van der Waals surface area contributed by atoms with Crippen LogP contribution in [0.15, 0.2) is 42.5 Å². The molecule has 0 atom stereocenters. The van der Waals surface area contributed by atoms with Gasteiger partial charge in [0.25, 0.3) is 5.91 Å². The molecule has 0 saturated carbocycles. The van der Waals surface area contributed by atoms with Gasteiger partial charge < -0.3 is 10.1 Å². The van der Waals surface area contributed by atoms with E-state index >= 15 is 0 Å². The summed E-state index contributed by atoms with van der Waals surface area (Å²) in [5.74, 6) is 1.61. The van der Waals surface area contributed by atoms with Crippen LogP contribution >= 0.6 is 23.2 Å². The first kappa shape index (κ1) is 25.0. The molecule has 0 aliphatic carbocycles. The highest BCUT2D eigenvalue weighted by molar-refractivity contribution is 6.39. The van der Waals surface area contributed by atoms with Gasteiger partial charge in [-0.15, -0.1) is 0 Å². The van der Waals surface area contributed by atoms with Gasteiger partial charge in [-0.1, -0.05) is 54.7 Å². The number of nitrogens with one attached hydrogen (secondary N) is 1. The highest BCUT2D eigenvalue weighted by atomic mass is 35.5. The molecule has 3 aromatic rings. The van der Waals surface area contributed by atoms with Crippen LogP contribution in [0.4, 0.5) is 0 Å². The van der Waals surface area contributed by atoms with Crippen LogP contribution in [0.5, 0.6) is 5.75 Å². The minimum absolute atomic E-state index is 0.209. The van der Waals surface area contributed by atoms with Crippen LogP contribution in [-0.2, 0) is 6.42 Å². The number of ether oxygens (including phenoxy) is 1. The summed E-state index contributed by atoms with van der Waals surface area (Å²) < 4.78 is 5.70. The second kappa shape index (κ2) is 12.0. The summed E-state index contributed by atoms with van der Waals surface area (Å²) in [6, 6.07) is 13.4. The number of rotatable bonds is 5. The molecule has 5 nitrogen and oxygen atoms in total. The minimum atomic E-state index is -0.209. The van der Waals surface area contributed by atoms with Crippen molar-refractivity contribution in [1.29, 1.82) is 0 Å². The largest absolute Gasteiger partial charge is 0.493 e. The number of carbonyl (C=O) groups is 1. The molecular weight excluding hydrogens is 457 g/mol. The number of fused-ring (bicyclic) bond motifs is 1. The van der Waals surface area contributed by atoms with Crippen molar-refractivity contribution in [3.05, 3.63) is 75.2 Å². The summed E-state index contributed by atoms with van der Waals surface area (Å²) in [4.78, 5) is 20.5. The highest BCUT2D eigenvalue weighted by Crippen LogP contribution is 2.30. The van der Waals surface area contributed by atoms with Crippen molar-refractivity contribution in [2.75, 3.05) is 13.2 Å². The Hall–Kier alpha value is -2.63. The average molecular weight is 486 g/mol. The van der Waals surface area contributed by atoms with E-state index in [1.54, 1.807) is 18.2 Å². The molecule has 0 bridgehead atoms. The Morgan fingerprint density at radius 2 is 1.85 bits per heavy atom. The number of nitrogens with zero attached hydrogens (tertiary/aromatic N) is 2. The number of unbranched alkanes of at least 4 members (excludes halogenated alkanes) is 1. The zero-order chi connectivity index (χ0) is 23.8. The summed E-state index contributed by atoms with van der Waals surface area (Å²) in [6.45, 7) is 7.45. The molecule has 1 N–H and O–H groups in total. The van der Waals surface area contributed by atoms with Gasteiger partial charge in [0.15, 0.2) is 0 Å². The lowest BCUT2D eigenvalue weighted by Gasteiger charge is -2.17. The lowest BCUT2D eigenvalue weighted by atomic mass is 10.0. The molecule has 0 fully saturated rings. The summed E-state index contributed by atoms with van der Waals surface area (Å²) in [5, 5.41) is 3.54. The van der Waals surface area contributed by atoms with Crippen LogP contribution in [0, 0.1) is 13.8 Å². The number of aryl methyl sites for hydroxylation is 3. The molecule has 0 unspecified atom stereocenters. The molecule has 2 heterocycles. The summed E-state index contributed by atoms with van der Waals surface area (Å²) in [6.07, 6.45) is 4.21. The van der Waals surface area contributed by atoms with Gasteiger partial charge in [-0.2, -0.15) is 0 Å². The summed E-state index contributed by atoms with van der Waals surface area (Å²) >= 11 is 11.8. The van der Waals surface area contributed by atoms with Crippen molar-refractivity contribution in [3.63, 3.8) is 0 Å². The second-order valence-electron chi connectivity index (χ2n) is 7.92. The number of hydrogen-bond donors (Lipinski definition) is 1. The van der Waals surface area contributed by atoms with E-state index in [2.05, 4.69) is 40.4 Å². The predicted molar refractivity (Wildman–Crippen MR) is 134 cm³/mol. The van der Waals surface area contributed by atoms with Gasteiger partial charge in [0.1, 0.15) is 11.6 Å². The van der Waals surface area contributed by atoms with E-state index in [-0.39, 0.29) is 5.91 Å². The lowest BCUT2D eigenvalue weighted by molar-refractivity contribution is 0.0953. The van der Waals surface area contributed by atoms with E-state index in [0.717, 1.165) is 60.8 Å². The number of hydrogen-bond acceptors (Lipinski definition) is 4. The average Bonchev–Trinajstić information content (AvgIpc) is 2.79. The number of halogens is 2. The number of carbonyl (C=O) groups excluding carboxylic acids is 1. The first-order chi connectivity index (χ1) is 15.9.